The van der Waals surface area contributed by atoms with Crippen LogP contribution in [0.3, 0.4) is 0 Å². The van der Waals surface area contributed by atoms with Gasteiger partial charge in [0, 0.05) is 11.9 Å². The van der Waals surface area contributed by atoms with Crippen LogP contribution in [-0.2, 0) is 0 Å². The fourth-order valence-corrected chi connectivity index (χ4v) is 1.92. The summed E-state index contributed by atoms with van der Waals surface area (Å²) in [7, 11) is 3.55. The van der Waals surface area contributed by atoms with Gasteiger partial charge < -0.3 is 10.1 Å². The van der Waals surface area contributed by atoms with Crippen molar-refractivity contribution in [2.75, 3.05) is 14.2 Å². The average Bonchev–Trinajstić information content (AvgIpc) is 2.40. The van der Waals surface area contributed by atoms with Gasteiger partial charge in [0.15, 0.2) is 0 Å². The topological polar surface area (TPSA) is 47.0 Å². The van der Waals surface area contributed by atoms with E-state index in [1.165, 1.54) is 0 Å². The van der Waals surface area contributed by atoms with Crippen molar-refractivity contribution in [3.05, 3.63) is 53.6 Å². The number of aromatic nitrogens is 2. The predicted octanol–water partition coefficient (Wildman–Crippen LogP) is 2.10. The third kappa shape index (κ3) is 2.65. The molecular weight excluding hydrogens is 226 g/mol. The Balaban J connectivity index is 2.38. The van der Waals surface area contributed by atoms with Crippen molar-refractivity contribution in [2.45, 2.75) is 13.0 Å². The van der Waals surface area contributed by atoms with Crippen LogP contribution in [0.4, 0.5) is 0 Å². The molecule has 0 amide bonds. The minimum absolute atomic E-state index is 0.0208. The Bertz CT molecular complexity index is 528. The molecule has 1 N–H and O–H groups in total. The van der Waals surface area contributed by atoms with Gasteiger partial charge in [0.25, 0.3) is 0 Å². The van der Waals surface area contributed by atoms with Gasteiger partial charge in [0.1, 0.15) is 5.75 Å². The molecule has 0 aromatic carbocycles. The molecule has 0 saturated carbocycles. The average molecular weight is 243 g/mol. The maximum Gasteiger partial charge on any atom is 0.137 e. The first-order chi connectivity index (χ1) is 8.74. The van der Waals surface area contributed by atoms with E-state index in [-0.39, 0.29) is 6.04 Å². The number of pyridine rings is 2. The molecule has 2 rings (SSSR count). The first-order valence-electron chi connectivity index (χ1n) is 5.84. The van der Waals surface area contributed by atoms with Gasteiger partial charge in [-0.1, -0.05) is 6.07 Å². The van der Waals surface area contributed by atoms with E-state index in [0.29, 0.717) is 0 Å². The molecule has 0 aliphatic rings. The van der Waals surface area contributed by atoms with E-state index in [1.54, 1.807) is 13.3 Å². The second-order valence-electron chi connectivity index (χ2n) is 4.08. The molecule has 1 atom stereocenters. The third-order valence-electron chi connectivity index (χ3n) is 2.80. The van der Waals surface area contributed by atoms with E-state index in [1.807, 2.05) is 44.4 Å². The number of methoxy groups -OCH3 is 1. The largest absolute Gasteiger partial charge is 0.495 e. The van der Waals surface area contributed by atoms with Crippen molar-refractivity contribution < 1.29 is 4.74 Å². The number of nitrogens with one attached hydrogen (secondary N) is 1. The molecule has 0 bridgehead atoms. The van der Waals surface area contributed by atoms with Gasteiger partial charge in [-0.2, -0.15) is 0 Å². The summed E-state index contributed by atoms with van der Waals surface area (Å²) in [6, 6.07) is 7.99. The standard InChI is InChI=1S/C14H17N3O/c1-10-5-4-6-13(17-10)14(15-2)11-7-12(18-3)9-16-8-11/h4-9,14-15H,1-3H3. The highest BCUT2D eigenvalue weighted by Crippen LogP contribution is 2.22. The minimum atomic E-state index is 0.0208. The molecule has 0 aliphatic heterocycles. The molecule has 0 saturated heterocycles. The van der Waals surface area contributed by atoms with Gasteiger partial charge in [0.2, 0.25) is 0 Å². The van der Waals surface area contributed by atoms with Crippen LogP contribution in [-0.4, -0.2) is 24.1 Å². The quantitative estimate of drug-likeness (QED) is 0.893. The Morgan fingerprint density at radius 2 is 2.11 bits per heavy atom. The lowest BCUT2D eigenvalue weighted by Crippen LogP contribution is -2.19. The van der Waals surface area contributed by atoms with E-state index in [4.69, 9.17) is 4.74 Å². The van der Waals surface area contributed by atoms with E-state index in [9.17, 15) is 0 Å². The van der Waals surface area contributed by atoms with Gasteiger partial charge in [-0.05, 0) is 37.7 Å². The molecule has 0 spiro atoms. The Morgan fingerprint density at radius 1 is 1.28 bits per heavy atom. The summed E-state index contributed by atoms with van der Waals surface area (Å²) in [5.41, 5.74) is 3.02. The Hall–Kier alpha value is -1.94. The minimum Gasteiger partial charge on any atom is -0.495 e. The van der Waals surface area contributed by atoms with Crippen LogP contribution in [0, 0.1) is 6.92 Å². The van der Waals surface area contributed by atoms with Gasteiger partial charge >= 0.3 is 0 Å². The Morgan fingerprint density at radius 3 is 2.78 bits per heavy atom. The monoisotopic (exact) mass is 243 g/mol. The van der Waals surface area contributed by atoms with Crippen molar-refractivity contribution in [1.82, 2.24) is 15.3 Å². The van der Waals surface area contributed by atoms with Crippen molar-refractivity contribution in [3.8, 4) is 5.75 Å². The summed E-state index contributed by atoms with van der Waals surface area (Å²) < 4.78 is 5.20. The molecule has 2 aromatic rings. The van der Waals surface area contributed by atoms with Crippen molar-refractivity contribution in [3.63, 3.8) is 0 Å². The molecule has 4 heteroatoms. The smallest absolute Gasteiger partial charge is 0.137 e. The molecule has 0 radical (unpaired) electrons. The molecular formula is C14H17N3O. The number of rotatable bonds is 4. The van der Waals surface area contributed by atoms with Gasteiger partial charge in [-0.3, -0.25) is 9.97 Å². The van der Waals surface area contributed by atoms with Crippen LogP contribution >= 0.6 is 0 Å². The summed E-state index contributed by atoms with van der Waals surface area (Å²) in [5, 5.41) is 3.26. The molecule has 94 valence electrons. The maximum absolute atomic E-state index is 5.20. The van der Waals surface area contributed by atoms with Crippen LogP contribution in [0.15, 0.2) is 36.7 Å². The van der Waals surface area contributed by atoms with Crippen molar-refractivity contribution in [2.24, 2.45) is 0 Å². The molecule has 0 aliphatic carbocycles. The highest BCUT2D eigenvalue weighted by Gasteiger charge is 2.14. The summed E-state index contributed by atoms with van der Waals surface area (Å²) in [5.74, 6) is 0.750. The lowest BCUT2D eigenvalue weighted by atomic mass is 10.0. The lowest BCUT2D eigenvalue weighted by molar-refractivity contribution is 0.411. The highest BCUT2D eigenvalue weighted by atomic mass is 16.5. The molecule has 4 nitrogen and oxygen atoms in total. The number of aryl methyl sites for hydroxylation is 1. The Labute approximate surface area is 107 Å². The van der Waals surface area contributed by atoms with Crippen LogP contribution in [0.5, 0.6) is 5.75 Å². The molecule has 1 unspecified atom stereocenters. The number of hydrogen-bond acceptors (Lipinski definition) is 4. The van der Waals surface area contributed by atoms with E-state index >= 15 is 0 Å². The van der Waals surface area contributed by atoms with Gasteiger partial charge in [0.05, 0.1) is 25.0 Å². The fourth-order valence-electron chi connectivity index (χ4n) is 1.92. The van der Waals surface area contributed by atoms with Crippen LogP contribution in [0.25, 0.3) is 0 Å². The zero-order chi connectivity index (χ0) is 13.0. The summed E-state index contributed by atoms with van der Waals surface area (Å²) in [6.45, 7) is 1.99. The zero-order valence-corrected chi connectivity index (χ0v) is 10.8. The van der Waals surface area contributed by atoms with Crippen LogP contribution in [0.1, 0.15) is 23.0 Å². The lowest BCUT2D eigenvalue weighted by Gasteiger charge is -2.16. The van der Waals surface area contributed by atoms with Gasteiger partial charge in [-0.25, -0.2) is 0 Å². The number of nitrogens with zero attached hydrogens (tertiary/aromatic N) is 2. The number of ether oxygens (including phenoxy) is 1. The molecule has 18 heavy (non-hydrogen) atoms. The first kappa shape index (κ1) is 12.5. The Kier molecular flexibility index (Phi) is 3.89. The van der Waals surface area contributed by atoms with Gasteiger partial charge in [-0.15, -0.1) is 0 Å². The van der Waals surface area contributed by atoms with Crippen molar-refractivity contribution >= 4 is 0 Å². The molecule has 0 fully saturated rings. The second-order valence-corrected chi connectivity index (χ2v) is 4.08. The predicted molar refractivity (Wildman–Crippen MR) is 70.7 cm³/mol. The fraction of sp³-hybridized carbons (Fsp3) is 0.286. The summed E-state index contributed by atoms with van der Waals surface area (Å²) in [4.78, 5) is 8.72. The second kappa shape index (κ2) is 5.60. The van der Waals surface area contributed by atoms with Crippen LogP contribution < -0.4 is 10.1 Å². The third-order valence-corrected chi connectivity index (χ3v) is 2.80. The summed E-state index contributed by atoms with van der Waals surface area (Å²) in [6.07, 6.45) is 3.52. The van der Waals surface area contributed by atoms with E-state index in [2.05, 4.69) is 15.3 Å². The SMILES string of the molecule is CNC(c1cncc(OC)c1)c1cccc(C)n1. The molecule has 2 aromatic heterocycles. The maximum atomic E-state index is 5.20. The van der Waals surface area contributed by atoms with Crippen molar-refractivity contribution in [1.29, 1.82) is 0 Å². The summed E-state index contributed by atoms with van der Waals surface area (Å²) >= 11 is 0. The normalized spacial score (nSPS) is 12.2. The first-order valence-corrected chi connectivity index (χ1v) is 5.84. The van der Waals surface area contributed by atoms with E-state index < -0.39 is 0 Å². The van der Waals surface area contributed by atoms with E-state index in [0.717, 1.165) is 22.7 Å². The zero-order valence-electron chi connectivity index (χ0n) is 10.8. The highest BCUT2D eigenvalue weighted by molar-refractivity contribution is 5.31. The molecule has 2 heterocycles. The number of hydrogen-bond donors (Lipinski definition) is 1. The van der Waals surface area contributed by atoms with Crippen LogP contribution in [0.2, 0.25) is 0 Å².